The van der Waals surface area contributed by atoms with Gasteiger partial charge in [0, 0.05) is 54.9 Å². The first-order chi connectivity index (χ1) is 11.7. The van der Waals surface area contributed by atoms with Crippen molar-refractivity contribution in [2.75, 3.05) is 13.6 Å². The van der Waals surface area contributed by atoms with E-state index in [-0.39, 0.29) is 0 Å². The van der Waals surface area contributed by atoms with Crippen molar-refractivity contribution in [1.29, 1.82) is 0 Å². The Hall–Kier alpha value is -2.13. The number of hydrogen-bond donors (Lipinski definition) is 0. The Bertz CT molecular complexity index is 864. The van der Waals surface area contributed by atoms with Crippen LogP contribution in [0.25, 0.3) is 10.9 Å². The van der Waals surface area contributed by atoms with E-state index in [1.165, 1.54) is 33.4 Å². The molecule has 1 aliphatic rings. The van der Waals surface area contributed by atoms with Gasteiger partial charge < -0.3 is 4.57 Å². The summed E-state index contributed by atoms with van der Waals surface area (Å²) >= 11 is 0. The van der Waals surface area contributed by atoms with Gasteiger partial charge in [-0.3, -0.25) is 9.88 Å². The maximum Gasteiger partial charge on any atom is 0.0515 e. The number of nitrogens with zero attached hydrogens (tertiary/aromatic N) is 3. The van der Waals surface area contributed by atoms with Crippen molar-refractivity contribution in [3.8, 4) is 0 Å². The van der Waals surface area contributed by atoms with E-state index >= 15 is 0 Å². The van der Waals surface area contributed by atoms with Gasteiger partial charge in [-0.15, -0.1) is 0 Å². The van der Waals surface area contributed by atoms with E-state index in [2.05, 4.69) is 65.7 Å². The molecular formula is C21H25N3. The number of hydrogen-bond acceptors (Lipinski definition) is 2. The second-order valence-corrected chi connectivity index (χ2v) is 6.96. The molecule has 3 nitrogen and oxygen atoms in total. The summed E-state index contributed by atoms with van der Waals surface area (Å²) in [5.74, 6) is 0. The highest BCUT2D eigenvalue weighted by Crippen LogP contribution is 2.38. The Morgan fingerprint density at radius 2 is 2.04 bits per heavy atom. The molecule has 0 saturated heterocycles. The van der Waals surface area contributed by atoms with Crippen LogP contribution in [0, 0.1) is 6.92 Å². The van der Waals surface area contributed by atoms with Gasteiger partial charge in [-0.05, 0) is 44.2 Å². The molecule has 0 bridgehead atoms. The van der Waals surface area contributed by atoms with Crippen molar-refractivity contribution in [3.05, 3.63) is 65.1 Å². The number of benzene rings is 1. The van der Waals surface area contributed by atoms with Crippen LogP contribution in [0.5, 0.6) is 0 Å². The molecule has 4 rings (SSSR count). The van der Waals surface area contributed by atoms with Gasteiger partial charge >= 0.3 is 0 Å². The van der Waals surface area contributed by atoms with Gasteiger partial charge in [0.25, 0.3) is 0 Å². The molecule has 0 radical (unpaired) electrons. The molecule has 0 saturated carbocycles. The fourth-order valence-electron chi connectivity index (χ4n) is 4.12. The second-order valence-electron chi connectivity index (χ2n) is 6.96. The van der Waals surface area contributed by atoms with E-state index in [0.717, 1.165) is 25.9 Å². The summed E-state index contributed by atoms with van der Waals surface area (Å²) in [4.78, 5) is 6.96. The molecule has 3 aromatic rings. The van der Waals surface area contributed by atoms with Crippen LogP contribution in [0.2, 0.25) is 0 Å². The van der Waals surface area contributed by atoms with E-state index in [9.17, 15) is 0 Å². The number of aromatic nitrogens is 2. The van der Waals surface area contributed by atoms with Crippen molar-refractivity contribution >= 4 is 10.9 Å². The fraction of sp³-hybridized carbons (Fsp3) is 0.381. The van der Waals surface area contributed by atoms with Crippen LogP contribution in [0.1, 0.15) is 35.5 Å². The summed E-state index contributed by atoms with van der Waals surface area (Å²) in [7, 11) is 2.24. The lowest BCUT2D eigenvalue weighted by atomic mass is 9.97. The summed E-state index contributed by atoms with van der Waals surface area (Å²) in [6.45, 7) is 6.71. The Labute approximate surface area is 143 Å². The standard InChI is InChI=1S/C21H25N3/c1-15-7-6-9-18-20-16(2)23(3)13-11-19(20)24(21(15)18)14-10-17-8-4-5-12-22-17/h4-9,12,16H,10-11,13-14H2,1-3H3. The second kappa shape index (κ2) is 6.06. The first kappa shape index (κ1) is 15.4. The highest BCUT2D eigenvalue weighted by Gasteiger charge is 2.28. The predicted octanol–water partition coefficient (Wildman–Crippen LogP) is 4.14. The molecule has 124 valence electrons. The number of fused-ring (bicyclic) bond motifs is 3. The molecule has 3 heterocycles. The zero-order chi connectivity index (χ0) is 16.7. The highest BCUT2D eigenvalue weighted by molar-refractivity contribution is 5.89. The molecule has 0 N–H and O–H groups in total. The molecule has 0 amide bonds. The third-order valence-corrected chi connectivity index (χ3v) is 5.53. The summed E-state index contributed by atoms with van der Waals surface area (Å²) in [5, 5.41) is 1.44. The quantitative estimate of drug-likeness (QED) is 0.723. The average molecular weight is 319 g/mol. The van der Waals surface area contributed by atoms with Gasteiger partial charge in [-0.1, -0.05) is 24.3 Å². The first-order valence-electron chi connectivity index (χ1n) is 8.87. The molecule has 0 spiro atoms. The Balaban J connectivity index is 1.82. The van der Waals surface area contributed by atoms with Crippen molar-refractivity contribution in [2.45, 2.75) is 39.3 Å². The van der Waals surface area contributed by atoms with E-state index in [0.29, 0.717) is 6.04 Å². The lowest BCUT2D eigenvalue weighted by Crippen LogP contribution is -2.31. The molecule has 0 fully saturated rings. The Morgan fingerprint density at radius 1 is 1.17 bits per heavy atom. The summed E-state index contributed by atoms with van der Waals surface area (Å²) in [6, 6.07) is 13.4. The molecule has 1 aromatic carbocycles. The maximum atomic E-state index is 4.50. The molecule has 2 aromatic heterocycles. The van der Waals surface area contributed by atoms with Crippen LogP contribution in [-0.2, 0) is 19.4 Å². The van der Waals surface area contributed by atoms with Crippen LogP contribution >= 0.6 is 0 Å². The number of para-hydroxylation sites is 1. The van der Waals surface area contributed by atoms with Crippen LogP contribution in [0.15, 0.2) is 42.6 Å². The molecule has 1 aliphatic heterocycles. The molecule has 3 heteroatoms. The fourth-order valence-corrected chi connectivity index (χ4v) is 4.12. The largest absolute Gasteiger partial charge is 0.344 e. The van der Waals surface area contributed by atoms with Crippen LogP contribution in [0.4, 0.5) is 0 Å². The predicted molar refractivity (Wildman–Crippen MR) is 99.4 cm³/mol. The summed E-state index contributed by atoms with van der Waals surface area (Å²) < 4.78 is 2.57. The molecule has 0 aliphatic carbocycles. The topological polar surface area (TPSA) is 21.1 Å². The molecule has 24 heavy (non-hydrogen) atoms. The van der Waals surface area contributed by atoms with Crippen molar-refractivity contribution in [3.63, 3.8) is 0 Å². The van der Waals surface area contributed by atoms with E-state index in [1.54, 1.807) is 0 Å². The molecule has 1 unspecified atom stereocenters. The summed E-state index contributed by atoms with van der Waals surface area (Å²) in [6.07, 6.45) is 4.00. The smallest absolute Gasteiger partial charge is 0.0515 e. The van der Waals surface area contributed by atoms with Crippen LogP contribution in [-0.4, -0.2) is 28.0 Å². The normalized spacial score (nSPS) is 18.0. The van der Waals surface area contributed by atoms with E-state index in [4.69, 9.17) is 0 Å². The van der Waals surface area contributed by atoms with Gasteiger partial charge in [0.05, 0.1) is 5.52 Å². The average Bonchev–Trinajstić information content (AvgIpc) is 2.93. The zero-order valence-electron chi connectivity index (χ0n) is 14.8. The third-order valence-electron chi connectivity index (χ3n) is 5.53. The van der Waals surface area contributed by atoms with Gasteiger partial charge in [-0.2, -0.15) is 0 Å². The minimum Gasteiger partial charge on any atom is -0.344 e. The first-order valence-corrected chi connectivity index (χ1v) is 8.87. The Kier molecular flexibility index (Phi) is 3.89. The lowest BCUT2D eigenvalue weighted by molar-refractivity contribution is 0.245. The van der Waals surface area contributed by atoms with Gasteiger partial charge in [-0.25, -0.2) is 0 Å². The third kappa shape index (κ3) is 2.44. The maximum absolute atomic E-state index is 4.50. The van der Waals surface area contributed by atoms with Crippen molar-refractivity contribution < 1.29 is 0 Å². The molecular weight excluding hydrogens is 294 g/mol. The zero-order valence-corrected chi connectivity index (χ0v) is 14.8. The van der Waals surface area contributed by atoms with Gasteiger partial charge in [0.1, 0.15) is 0 Å². The van der Waals surface area contributed by atoms with Gasteiger partial charge in [0.2, 0.25) is 0 Å². The number of pyridine rings is 1. The van der Waals surface area contributed by atoms with Gasteiger partial charge in [0.15, 0.2) is 0 Å². The van der Waals surface area contributed by atoms with Crippen LogP contribution in [0.3, 0.4) is 0 Å². The van der Waals surface area contributed by atoms with E-state index in [1.807, 2.05) is 12.3 Å². The monoisotopic (exact) mass is 319 g/mol. The van der Waals surface area contributed by atoms with Crippen molar-refractivity contribution in [2.24, 2.45) is 0 Å². The minimum atomic E-state index is 0.481. The minimum absolute atomic E-state index is 0.481. The lowest BCUT2D eigenvalue weighted by Gasteiger charge is -2.31. The highest BCUT2D eigenvalue weighted by atomic mass is 15.1. The molecule has 1 atom stereocenters. The van der Waals surface area contributed by atoms with E-state index < -0.39 is 0 Å². The SMILES string of the molecule is Cc1cccc2c3c(n(CCc4ccccn4)c12)CCN(C)C3C. The number of aryl methyl sites for hydroxylation is 3. The van der Waals surface area contributed by atoms with Crippen molar-refractivity contribution in [1.82, 2.24) is 14.5 Å². The number of rotatable bonds is 3. The number of likely N-dealkylation sites (N-methyl/N-ethyl adjacent to an activating group) is 1. The Morgan fingerprint density at radius 3 is 2.83 bits per heavy atom. The van der Waals surface area contributed by atoms with Crippen LogP contribution < -0.4 is 0 Å². The summed E-state index contributed by atoms with van der Waals surface area (Å²) in [5.41, 5.74) is 7.02.